The lowest BCUT2D eigenvalue weighted by atomic mass is 9.69. The highest BCUT2D eigenvalue weighted by Gasteiger charge is 2.38. The van der Waals surface area contributed by atoms with Crippen molar-refractivity contribution in [3.05, 3.63) is 0 Å². The van der Waals surface area contributed by atoms with Crippen molar-refractivity contribution < 1.29 is 4.74 Å². The Morgan fingerprint density at radius 3 is 2.21 bits per heavy atom. The minimum atomic E-state index is 0.194. The predicted octanol–water partition coefficient (Wildman–Crippen LogP) is 5.85. The molecule has 0 spiro atoms. The maximum Gasteiger partial charge on any atom is 0.0771 e. The van der Waals surface area contributed by atoms with Crippen LogP contribution in [0, 0.1) is 17.3 Å². The molecule has 1 saturated carbocycles. The Balaban J connectivity index is 2.38. The number of hydrogen-bond acceptors (Lipinski definition) is 1. The molecular weight excluding hydrogens is 347 g/mol. The van der Waals surface area contributed by atoms with Crippen molar-refractivity contribution in [2.75, 3.05) is 11.0 Å². The van der Waals surface area contributed by atoms with E-state index in [1.54, 1.807) is 0 Å². The second-order valence-electron chi connectivity index (χ2n) is 7.84. The molecule has 0 atom stereocenters. The zero-order chi connectivity index (χ0) is 14.5. The molecule has 0 bridgehead atoms. The van der Waals surface area contributed by atoms with E-state index >= 15 is 0 Å². The van der Waals surface area contributed by atoms with Crippen molar-refractivity contribution in [1.29, 1.82) is 0 Å². The van der Waals surface area contributed by atoms with Crippen LogP contribution in [-0.2, 0) is 4.74 Å². The van der Waals surface area contributed by atoms with Gasteiger partial charge in [-0.3, -0.25) is 0 Å². The van der Waals surface area contributed by atoms with Gasteiger partial charge in [-0.15, -0.1) is 0 Å². The van der Waals surface area contributed by atoms with Gasteiger partial charge in [-0.05, 0) is 55.8 Å². The SMILES string of the molecule is CC(C)CCCOC1(CI)CCC(C(C)(C)C)CC1. The molecule has 0 saturated heterocycles. The molecule has 1 aliphatic rings. The molecule has 1 rings (SSSR count). The average Bonchev–Trinajstić information content (AvgIpc) is 2.34. The highest BCUT2D eigenvalue weighted by molar-refractivity contribution is 14.1. The second-order valence-corrected chi connectivity index (χ2v) is 8.60. The van der Waals surface area contributed by atoms with Gasteiger partial charge in [-0.1, -0.05) is 57.2 Å². The molecule has 19 heavy (non-hydrogen) atoms. The average molecular weight is 380 g/mol. The molecule has 0 unspecified atom stereocenters. The van der Waals surface area contributed by atoms with Crippen LogP contribution in [0.1, 0.15) is 73.1 Å². The smallest absolute Gasteiger partial charge is 0.0771 e. The normalized spacial score (nSPS) is 28.9. The van der Waals surface area contributed by atoms with Crippen LogP contribution in [0.15, 0.2) is 0 Å². The van der Waals surface area contributed by atoms with Gasteiger partial charge in [0.05, 0.1) is 5.60 Å². The Hall–Kier alpha value is 0.690. The van der Waals surface area contributed by atoms with Gasteiger partial charge in [0, 0.05) is 11.0 Å². The molecule has 0 N–H and O–H groups in total. The third-order valence-electron chi connectivity index (χ3n) is 4.70. The van der Waals surface area contributed by atoms with Gasteiger partial charge < -0.3 is 4.74 Å². The van der Waals surface area contributed by atoms with Crippen LogP contribution in [0.3, 0.4) is 0 Å². The van der Waals surface area contributed by atoms with Gasteiger partial charge in [0.15, 0.2) is 0 Å². The number of halogens is 1. The van der Waals surface area contributed by atoms with Crippen LogP contribution in [0.25, 0.3) is 0 Å². The number of hydrogen-bond donors (Lipinski definition) is 0. The maximum absolute atomic E-state index is 6.32. The Labute approximate surface area is 134 Å². The third-order valence-corrected chi connectivity index (χ3v) is 6.09. The van der Waals surface area contributed by atoms with Crippen LogP contribution in [-0.4, -0.2) is 16.6 Å². The first-order valence-corrected chi connectivity index (χ1v) is 9.51. The molecule has 114 valence electrons. The Bertz CT molecular complexity index is 246. The Morgan fingerprint density at radius 2 is 1.79 bits per heavy atom. The summed E-state index contributed by atoms with van der Waals surface area (Å²) in [6.45, 7) is 12.7. The zero-order valence-electron chi connectivity index (χ0n) is 13.6. The quantitative estimate of drug-likeness (QED) is 0.319. The molecule has 0 aliphatic heterocycles. The van der Waals surface area contributed by atoms with Crippen molar-refractivity contribution in [2.24, 2.45) is 17.3 Å². The standard InChI is InChI=1S/C17H33IO/c1-14(2)7-6-12-19-17(13-18)10-8-15(9-11-17)16(3,4)5/h14-15H,6-13H2,1-5H3. The summed E-state index contributed by atoms with van der Waals surface area (Å²) < 4.78 is 7.48. The van der Waals surface area contributed by atoms with E-state index in [0.717, 1.165) is 22.9 Å². The molecule has 0 aromatic carbocycles. The van der Waals surface area contributed by atoms with Crippen molar-refractivity contribution in [3.8, 4) is 0 Å². The summed E-state index contributed by atoms with van der Waals surface area (Å²) in [6.07, 6.45) is 7.73. The third kappa shape index (κ3) is 5.91. The minimum absolute atomic E-state index is 0.194. The van der Waals surface area contributed by atoms with Gasteiger partial charge in [0.25, 0.3) is 0 Å². The molecule has 0 aromatic heterocycles. The fraction of sp³-hybridized carbons (Fsp3) is 1.00. The summed E-state index contributed by atoms with van der Waals surface area (Å²) in [5, 5.41) is 0. The van der Waals surface area contributed by atoms with Crippen LogP contribution in [0.5, 0.6) is 0 Å². The lowest BCUT2D eigenvalue weighted by Crippen LogP contribution is -2.41. The topological polar surface area (TPSA) is 9.23 Å². The lowest BCUT2D eigenvalue weighted by molar-refractivity contribution is -0.0693. The highest BCUT2D eigenvalue weighted by atomic mass is 127. The van der Waals surface area contributed by atoms with Crippen molar-refractivity contribution in [3.63, 3.8) is 0 Å². The summed E-state index contributed by atoms with van der Waals surface area (Å²) in [7, 11) is 0. The maximum atomic E-state index is 6.32. The van der Waals surface area contributed by atoms with E-state index in [-0.39, 0.29) is 5.60 Å². The van der Waals surface area contributed by atoms with E-state index in [4.69, 9.17) is 4.74 Å². The largest absolute Gasteiger partial charge is 0.374 e. The molecule has 0 amide bonds. The molecule has 1 fully saturated rings. The van der Waals surface area contributed by atoms with Crippen LogP contribution in [0.4, 0.5) is 0 Å². The summed E-state index contributed by atoms with van der Waals surface area (Å²) in [5.41, 5.74) is 0.661. The van der Waals surface area contributed by atoms with E-state index < -0.39 is 0 Å². The fourth-order valence-electron chi connectivity index (χ4n) is 3.11. The fourth-order valence-corrected chi connectivity index (χ4v) is 4.09. The zero-order valence-corrected chi connectivity index (χ0v) is 15.8. The van der Waals surface area contributed by atoms with Gasteiger partial charge in [-0.2, -0.15) is 0 Å². The monoisotopic (exact) mass is 380 g/mol. The van der Waals surface area contributed by atoms with E-state index in [1.165, 1.54) is 38.5 Å². The molecule has 0 heterocycles. The highest BCUT2D eigenvalue weighted by Crippen LogP contribution is 2.43. The summed E-state index contributed by atoms with van der Waals surface area (Å²) in [4.78, 5) is 0. The first kappa shape index (κ1) is 17.7. The van der Waals surface area contributed by atoms with E-state index in [2.05, 4.69) is 57.2 Å². The van der Waals surface area contributed by atoms with Crippen LogP contribution in [0.2, 0.25) is 0 Å². The van der Waals surface area contributed by atoms with Gasteiger partial charge >= 0.3 is 0 Å². The molecule has 0 radical (unpaired) electrons. The Kier molecular flexibility index (Phi) is 7.12. The van der Waals surface area contributed by atoms with Crippen LogP contribution < -0.4 is 0 Å². The van der Waals surface area contributed by atoms with Crippen molar-refractivity contribution >= 4 is 22.6 Å². The van der Waals surface area contributed by atoms with Crippen molar-refractivity contribution in [2.45, 2.75) is 78.7 Å². The lowest BCUT2D eigenvalue weighted by Gasteiger charge is -2.43. The Morgan fingerprint density at radius 1 is 1.21 bits per heavy atom. The molecular formula is C17H33IO. The van der Waals surface area contributed by atoms with Gasteiger partial charge in [0.2, 0.25) is 0 Å². The predicted molar refractivity (Wildman–Crippen MR) is 93.1 cm³/mol. The first-order chi connectivity index (χ1) is 8.79. The molecule has 0 aromatic rings. The van der Waals surface area contributed by atoms with E-state index in [9.17, 15) is 0 Å². The van der Waals surface area contributed by atoms with Crippen LogP contribution >= 0.6 is 22.6 Å². The summed E-state index contributed by atoms with van der Waals surface area (Å²) in [5.74, 6) is 1.68. The minimum Gasteiger partial charge on any atom is -0.374 e. The molecule has 1 nitrogen and oxygen atoms in total. The number of alkyl halides is 1. The summed E-state index contributed by atoms with van der Waals surface area (Å²) in [6, 6.07) is 0. The van der Waals surface area contributed by atoms with Gasteiger partial charge in [-0.25, -0.2) is 0 Å². The number of rotatable bonds is 6. The van der Waals surface area contributed by atoms with Gasteiger partial charge in [0.1, 0.15) is 0 Å². The first-order valence-electron chi connectivity index (χ1n) is 7.99. The second kappa shape index (κ2) is 7.63. The van der Waals surface area contributed by atoms with E-state index in [0.29, 0.717) is 5.41 Å². The summed E-state index contributed by atoms with van der Waals surface area (Å²) >= 11 is 2.53. The van der Waals surface area contributed by atoms with E-state index in [1.807, 2.05) is 0 Å². The van der Waals surface area contributed by atoms with Crippen molar-refractivity contribution in [1.82, 2.24) is 0 Å². The number of ether oxygens (including phenoxy) is 1. The molecule has 2 heteroatoms. The molecule has 1 aliphatic carbocycles.